The molecule has 0 spiro atoms. The van der Waals surface area contributed by atoms with Crippen molar-refractivity contribution in [1.82, 2.24) is 5.32 Å². The molecule has 0 bridgehead atoms. The molecule has 0 saturated carbocycles. The van der Waals surface area contributed by atoms with Crippen LogP contribution in [0.5, 0.6) is 0 Å². The van der Waals surface area contributed by atoms with Gasteiger partial charge in [0.2, 0.25) is 5.91 Å². The van der Waals surface area contributed by atoms with Gasteiger partial charge in [-0.3, -0.25) is 4.79 Å². The summed E-state index contributed by atoms with van der Waals surface area (Å²) in [4.78, 5) is 11.5. The lowest BCUT2D eigenvalue weighted by atomic mass is 9.99. The molecule has 1 amide bonds. The maximum atomic E-state index is 11.5. The molecule has 2 heteroatoms. The van der Waals surface area contributed by atoms with Crippen LogP contribution in [-0.2, 0) is 4.79 Å². The first kappa shape index (κ1) is 13.8. The predicted molar refractivity (Wildman–Crippen MR) is 72.0 cm³/mol. The van der Waals surface area contributed by atoms with Crippen LogP contribution in [0.2, 0.25) is 0 Å². The monoisotopic (exact) mass is 233 g/mol. The normalized spacial score (nSPS) is 12.5. The summed E-state index contributed by atoms with van der Waals surface area (Å²) < 4.78 is 0. The molecule has 1 unspecified atom stereocenters. The average Bonchev–Trinajstić information content (AvgIpc) is 2.29. The van der Waals surface area contributed by atoms with Crippen LogP contribution >= 0.6 is 0 Å². The number of benzene rings is 1. The van der Waals surface area contributed by atoms with Gasteiger partial charge in [0.1, 0.15) is 0 Å². The van der Waals surface area contributed by atoms with Crippen LogP contribution in [0.4, 0.5) is 0 Å². The second-order valence-corrected chi connectivity index (χ2v) is 4.86. The van der Waals surface area contributed by atoms with Crippen molar-refractivity contribution >= 4 is 5.91 Å². The van der Waals surface area contributed by atoms with Crippen LogP contribution < -0.4 is 5.32 Å². The third kappa shape index (κ3) is 4.22. The zero-order valence-corrected chi connectivity index (χ0v) is 11.3. The average molecular weight is 233 g/mol. The second kappa shape index (κ2) is 6.43. The Hall–Kier alpha value is -1.31. The first-order valence-electron chi connectivity index (χ1n) is 6.43. The fourth-order valence-electron chi connectivity index (χ4n) is 1.79. The lowest BCUT2D eigenvalue weighted by Gasteiger charge is -2.15. The molecule has 0 aliphatic heterocycles. The van der Waals surface area contributed by atoms with E-state index in [9.17, 15) is 4.79 Å². The molecule has 17 heavy (non-hydrogen) atoms. The van der Waals surface area contributed by atoms with E-state index in [2.05, 4.69) is 43.4 Å². The topological polar surface area (TPSA) is 29.1 Å². The maximum Gasteiger partial charge on any atom is 0.220 e. The smallest absolute Gasteiger partial charge is 0.220 e. The van der Waals surface area contributed by atoms with Gasteiger partial charge >= 0.3 is 0 Å². The summed E-state index contributed by atoms with van der Waals surface area (Å²) in [5.41, 5.74) is 2.50. The van der Waals surface area contributed by atoms with Gasteiger partial charge in [0.25, 0.3) is 0 Å². The second-order valence-electron chi connectivity index (χ2n) is 4.86. The van der Waals surface area contributed by atoms with E-state index in [-0.39, 0.29) is 11.9 Å². The Morgan fingerprint density at radius 2 is 1.65 bits per heavy atom. The highest BCUT2D eigenvalue weighted by molar-refractivity contribution is 5.76. The van der Waals surface area contributed by atoms with E-state index in [1.807, 2.05) is 13.8 Å². The number of hydrogen-bond donors (Lipinski definition) is 1. The minimum Gasteiger partial charge on any atom is -0.350 e. The highest BCUT2D eigenvalue weighted by atomic mass is 16.1. The summed E-state index contributed by atoms with van der Waals surface area (Å²) in [7, 11) is 0. The molecule has 1 aromatic carbocycles. The highest BCUT2D eigenvalue weighted by Gasteiger charge is 2.08. The molecular formula is C15H23NO. The van der Waals surface area contributed by atoms with Gasteiger partial charge in [-0.05, 0) is 30.4 Å². The number of rotatable bonds is 5. The predicted octanol–water partition coefficient (Wildman–Crippen LogP) is 3.79. The van der Waals surface area contributed by atoms with Crippen molar-refractivity contribution in [1.29, 1.82) is 0 Å². The molecule has 94 valence electrons. The Labute approximate surface area is 104 Å². The van der Waals surface area contributed by atoms with E-state index in [0.717, 1.165) is 6.42 Å². The Morgan fingerprint density at radius 3 is 2.12 bits per heavy atom. The zero-order valence-electron chi connectivity index (χ0n) is 11.3. The Morgan fingerprint density at radius 1 is 1.12 bits per heavy atom. The number of carbonyl (C=O) groups is 1. The fraction of sp³-hybridized carbons (Fsp3) is 0.533. The first-order chi connectivity index (χ1) is 8.04. The van der Waals surface area contributed by atoms with E-state index in [1.165, 1.54) is 11.1 Å². The number of carbonyl (C=O) groups excluding carboxylic acids is 1. The largest absolute Gasteiger partial charge is 0.350 e. The van der Waals surface area contributed by atoms with Gasteiger partial charge in [-0.25, -0.2) is 0 Å². The van der Waals surface area contributed by atoms with Crippen molar-refractivity contribution in [2.75, 3.05) is 0 Å². The van der Waals surface area contributed by atoms with Gasteiger partial charge in [0.05, 0.1) is 6.04 Å². The van der Waals surface area contributed by atoms with Crippen LogP contribution in [-0.4, -0.2) is 5.91 Å². The van der Waals surface area contributed by atoms with Crippen LogP contribution in [0, 0.1) is 0 Å². The highest BCUT2D eigenvalue weighted by Crippen LogP contribution is 2.18. The van der Waals surface area contributed by atoms with E-state index >= 15 is 0 Å². The van der Waals surface area contributed by atoms with E-state index in [0.29, 0.717) is 12.3 Å². The molecule has 0 radical (unpaired) electrons. The minimum absolute atomic E-state index is 0.0928. The summed E-state index contributed by atoms with van der Waals surface area (Å²) in [6, 6.07) is 8.58. The Kier molecular flexibility index (Phi) is 5.20. The van der Waals surface area contributed by atoms with Crippen molar-refractivity contribution in [3.05, 3.63) is 35.4 Å². The molecule has 1 N–H and O–H groups in total. The van der Waals surface area contributed by atoms with Crippen molar-refractivity contribution in [3.8, 4) is 0 Å². The van der Waals surface area contributed by atoms with Gasteiger partial charge in [-0.15, -0.1) is 0 Å². The summed E-state index contributed by atoms with van der Waals surface area (Å²) in [5, 5.41) is 3.01. The van der Waals surface area contributed by atoms with Gasteiger partial charge in [-0.2, -0.15) is 0 Å². The van der Waals surface area contributed by atoms with Crippen LogP contribution in [0.1, 0.15) is 63.6 Å². The molecule has 0 heterocycles. The Bertz CT molecular complexity index is 354. The van der Waals surface area contributed by atoms with Crippen molar-refractivity contribution < 1.29 is 4.79 Å². The summed E-state index contributed by atoms with van der Waals surface area (Å²) >= 11 is 0. The molecular weight excluding hydrogens is 210 g/mol. The van der Waals surface area contributed by atoms with Crippen molar-refractivity contribution in [2.24, 2.45) is 0 Å². The molecule has 1 rings (SSSR count). The van der Waals surface area contributed by atoms with E-state index in [4.69, 9.17) is 0 Å². The van der Waals surface area contributed by atoms with Crippen molar-refractivity contribution in [2.45, 2.75) is 52.5 Å². The van der Waals surface area contributed by atoms with Crippen molar-refractivity contribution in [3.63, 3.8) is 0 Å². The summed E-state index contributed by atoms with van der Waals surface area (Å²) in [5.74, 6) is 0.682. The number of nitrogens with one attached hydrogen (secondary N) is 1. The number of hydrogen-bond acceptors (Lipinski definition) is 1. The van der Waals surface area contributed by atoms with Crippen LogP contribution in [0.15, 0.2) is 24.3 Å². The minimum atomic E-state index is 0.0928. The lowest BCUT2D eigenvalue weighted by Crippen LogP contribution is -2.26. The van der Waals surface area contributed by atoms with E-state index < -0.39 is 0 Å². The van der Waals surface area contributed by atoms with E-state index in [1.54, 1.807) is 0 Å². The molecule has 2 nitrogen and oxygen atoms in total. The maximum absolute atomic E-state index is 11.5. The molecule has 0 aromatic heterocycles. The number of amides is 1. The molecule has 0 fully saturated rings. The quantitative estimate of drug-likeness (QED) is 0.823. The standard InChI is InChI=1S/C15H23NO/c1-5-6-15(17)16-12(4)14-9-7-13(8-10-14)11(2)3/h7-12H,5-6H2,1-4H3,(H,16,17). The van der Waals surface area contributed by atoms with Gasteiger partial charge in [0.15, 0.2) is 0 Å². The Balaban J connectivity index is 2.63. The third-order valence-corrected chi connectivity index (χ3v) is 2.96. The first-order valence-corrected chi connectivity index (χ1v) is 6.43. The zero-order chi connectivity index (χ0) is 12.8. The van der Waals surface area contributed by atoms with Gasteiger partial charge in [-0.1, -0.05) is 45.0 Å². The summed E-state index contributed by atoms with van der Waals surface area (Å²) in [6.07, 6.45) is 1.50. The van der Waals surface area contributed by atoms with Crippen LogP contribution in [0.3, 0.4) is 0 Å². The summed E-state index contributed by atoms with van der Waals surface area (Å²) in [6.45, 7) is 8.41. The van der Waals surface area contributed by atoms with Gasteiger partial charge in [0, 0.05) is 6.42 Å². The molecule has 1 atom stereocenters. The van der Waals surface area contributed by atoms with Crippen LogP contribution in [0.25, 0.3) is 0 Å². The SMILES string of the molecule is CCCC(=O)NC(C)c1ccc(C(C)C)cc1. The molecule has 0 saturated heterocycles. The third-order valence-electron chi connectivity index (χ3n) is 2.96. The molecule has 0 aliphatic rings. The lowest BCUT2D eigenvalue weighted by molar-refractivity contribution is -0.121. The molecule has 1 aromatic rings. The van der Waals surface area contributed by atoms with Gasteiger partial charge < -0.3 is 5.32 Å². The molecule has 0 aliphatic carbocycles. The fourth-order valence-corrected chi connectivity index (χ4v) is 1.79.